The highest BCUT2D eigenvalue weighted by Gasteiger charge is 2.36. The fourth-order valence-corrected chi connectivity index (χ4v) is 2.69. The lowest BCUT2D eigenvalue weighted by atomic mass is 10.0. The van der Waals surface area contributed by atoms with E-state index < -0.39 is 6.09 Å². The molecule has 1 saturated carbocycles. The van der Waals surface area contributed by atoms with Crippen molar-refractivity contribution in [3.8, 4) is 0 Å². The monoisotopic (exact) mass is 184 g/mol. The van der Waals surface area contributed by atoms with Crippen LogP contribution in [0.5, 0.6) is 0 Å². The Labute approximate surface area is 77.7 Å². The molecule has 4 heteroatoms. The summed E-state index contributed by atoms with van der Waals surface area (Å²) in [5.74, 6) is 2.19. The average Bonchev–Trinajstić information content (AvgIpc) is 2.58. The molecule has 0 spiro atoms. The van der Waals surface area contributed by atoms with E-state index in [0.717, 1.165) is 24.9 Å². The van der Waals surface area contributed by atoms with Gasteiger partial charge in [-0.1, -0.05) is 0 Å². The Hall–Kier alpha value is -0.770. The topological polar surface area (TPSA) is 61.4 Å². The third kappa shape index (κ3) is 1.94. The van der Waals surface area contributed by atoms with E-state index >= 15 is 0 Å². The first-order valence-electron chi connectivity index (χ1n) is 4.93. The Balaban J connectivity index is 1.75. The van der Waals surface area contributed by atoms with Crippen LogP contribution in [-0.4, -0.2) is 30.8 Å². The van der Waals surface area contributed by atoms with Gasteiger partial charge in [-0.3, -0.25) is 0 Å². The van der Waals surface area contributed by atoms with E-state index in [4.69, 9.17) is 5.11 Å². The number of fused-ring (bicyclic) bond motifs is 1. The molecule has 2 unspecified atom stereocenters. The van der Waals surface area contributed by atoms with Crippen LogP contribution >= 0.6 is 0 Å². The van der Waals surface area contributed by atoms with Crippen molar-refractivity contribution in [1.29, 1.82) is 0 Å². The summed E-state index contributed by atoms with van der Waals surface area (Å²) in [7, 11) is 0. The third-order valence-corrected chi connectivity index (χ3v) is 3.29. The van der Waals surface area contributed by atoms with E-state index in [0.29, 0.717) is 12.5 Å². The van der Waals surface area contributed by atoms with E-state index in [2.05, 4.69) is 10.6 Å². The second-order valence-corrected chi connectivity index (χ2v) is 4.20. The molecule has 4 nitrogen and oxygen atoms in total. The fraction of sp³-hybridized carbons (Fsp3) is 0.889. The Morgan fingerprint density at radius 2 is 2.00 bits per heavy atom. The molecule has 1 heterocycles. The van der Waals surface area contributed by atoms with Crippen LogP contribution in [0.15, 0.2) is 0 Å². The lowest BCUT2D eigenvalue weighted by Crippen LogP contribution is -2.27. The molecule has 1 aliphatic carbocycles. The molecular weight excluding hydrogens is 168 g/mol. The molecule has 13 heavy (non-hydrogen) atoms. The summed E-state index contributed by atoms with van der Waals surface area (Å²) in [6.07, 6.45) is 1.49. The minimum Gasteiger partial charge on any atom is -0.465 e. The molecule has 1 saturated heterocycles. The van der Waals surface area contributed by atoms with Gasteiger partial charge in [-0.2, -0.15) is 0 Å². The van der Waals surface area contributed by atoms with Crippen LogP contribution in [-0.2, 0) is 0 Å². The van der Waals surface area contributed by atoms with E-state index in [1.54, 1.807) is 0 Å². The molecule has 0 aromatic rings. The standard InChI is InChI=1S/C9H16N2O2/c12-9(13)11-3-6-1-7-4-10-5-8(7)2-6/h6-8,10-11H,1-5H2,(H,12,13). The summed E-state index contributed by atoms with van der Waals surface area (Å²) >= 11 is 0. The van der Waals surface area contributed by atoms with Gasteiger partial charge in [0.05, 0.1) is 0 Å². The Kier molecular flexibility index (Phi) is 2.40. The van der Waals surface area contributed by atoms with Crippen molar-refractivity contribution in [2.24, 2.45) is 17.8 Å². The minimum atomic E-state index is -0.893. The van der Waals surface area contributed by atoms with E-state index in [9.17, 15) is 4.79 Å². The number of hydrogen-bond acceptors (Lipinski definition) is 2. The molecule has 2 fully saturated rings. The van der Waals surface area contributed by atoms with Crippen molar-refractivity contribution in [1.82, 2.24) is 10.6 Å². The normalized spacial score (nSPS) is 37.4. The van der Waals surface area contributed by atoms with Crippen LogP contribution < -0.4 is 10.6 Å². The second-order valence-electron chi connectivity index (χ2n) is 4.20. The molecule has 0 radical (unpaired) electrons. The largest absolute Gasteiger partial charge is 0.465 e. The molecule has 74 valence electrons. The lowest BCUT2D eigenvalue weighted by molar-refractivity contribution is 0.192. The van der Waals surface area contributed by atoms with Crippen molar-refractivity contribution < 1.29 is 9.90 Å². The molecule has 0 aromatic carbocycles. The Morgan fingerprint density at radius 1 is 1.38 bits per heavy atom. The number of hydrogen-bond donors (Lipinski definition) is 3. The van der Waals surface area contributed by atoms with Gasteiger partial charge in [0, 0.05) is 6.54 Å². The van der Waals surface area contributed by atoms with Gasteiger partial charge in [0.2, 0.25) is 0 Å². The number of carbonyl (C=O) groups is 1. The number of amides is 1. The fourth-order valence-electron chi connectivity index (χ4n) is 2.69. The van der Waals surface area contributed by atoms with Gasteiger partial charge in [-0.25, -0.2) is 4.79 Å². The molecule has 1 aliphatic heterocycles. The zero-order valence-electron chi connectivity index (χ0n) is 7.62. The van der Waals surface area contributed by atoms with Crippen LogP contribution in [0.4, 0.5) is 4.79 Å². The van der Waals surface area contributed by atoms with E-state index in [1.807, 2.05) is 0 Å². The van der Waals surface area contributed by atoms with Crippen molar-refractivity contribution >= 4 is 6.09 Å². The Bertz CT molecular complexity index is 196. The SMILES string of the molecule is O=C(O)NCC1CC2CNCC2C1. The molecular formula is C9H16N2O2. The highest BCUT2D eigenvalue weighted by molar-refractivity contribution is 5.64. The van der Waals surface area contributed by atoms with Gasteiger partial charge >= 0.3 is 6.09 Å². The van der Waals surface area contributed by atoms with Gasteiger partial charge in [-0.15, -0.1) is 0 Å². The summed E-state index contributed by atoms with van der Waals surface area (Å²) in [6.45, 7) is 2.91. The van der Waals surface area contributed by atoms with Gasteiger partial charge in [0.1, 0.15) is 0 Å². The van der Waals surface area contributed by atoms with Crippen LogP contribution in [0.25, 0.3) is 0 Å². The summed E-state index contributed by atoms with van der Waals surface area (Å²) < 4.78 is 0. The van der Waals surface area contributed by atoms with Gasteiger partial charge in [0.25, 0.3) is 0 Å². The van der Waals surface area contributed by atoms with E-state index in [1.165, 1.54) is 12.8 Å². The molecule has 2 atom stereocenters. The summed E-state index contributed by atoms with van der Waals surface area (Å²) in [5.41, 5.74) is 0. The van der Waals surface area contributed by atoms with Crippen molar-refractivity contribution in [3.63, 3.8) is 0 Å². The average molecular weight is 184 g/mol. The smallest absolute Gasteiger partial charge is 0.404 e. The quantitative estimate of drug-likeness (QED) is 0.585. The zero-order valence-corrected chi connectivity index (χ0v) is 7.62. The lowest BCUT2D eigenvalue weighted by Gasteiger charge is -2.10. The maximum Gasteiger partial charge on any atom is 0.404 e. The molecule has 2 rings (SSSR count). The molecule has 0 bridgehead atoms. The van der Waals surface area contributed by atoms with Crippen LogP contribution in [0.2, 0.25) is 0 Å². The number of nitrogens with one attached hydrogen (secondary N) is 2. The van der Waals surface area contributed by atoms with Crippen molar-refractivity contribution in [2.45, 2.75) is 12.8 Å². The maximum absolute atomic E-state index is 10.3. The van der Waals surface area contributed by atoms with Gasteiger partial charge in [0.15, 0.2) is 0 Å². The zero-order chi connectivity index (χ0) is 9.26. The number of carboxylic acid groups (broad SMARTS) is 1. The van der Waals surface area contributed by atoms with Crippen LogP contribution in [0, 0.1) is 17.8 Å². The van der Waals surface area contributed by atoms with Crippen molar-refractivity contribution in [2.75, 3.05) is 19.6 Å². The molecule has 3 N–H and O–H groups in total. The first kappa shape index (κ1) is 8.81. The molecule has 2 aliphatic rings. The van der Waals surface area contributed by atoms with E-state index in [-0.39, 0.29) is 0 Å². The Morgan fingerprint density at radius 3 is 2.54 bits per heavy atom. The van der Waals surface area contributed by atoms with Crippen LogP contribution in [0.3, 0.4) is 0 Å². The predicted octanol–water partition coefficient (Wildman–Crippen LogP) is 0.500. The second kappa shape index (κ2) is 3.54. The third-order valence-electron chi connectivity index (χ3n) is 3.29. The molecule has 0 aromatic heterocycles. The maximum atomic E-state index is 10.3. The minimum absolute atomic E-state index is 0.577. The highest BCUT2D eigenvalue weighted by atomic mass is 16.4. The predicted molar refractivity (Wildman–Crippen MR) is 48.6 cm³/mol. The van der Waals surface area contributed by atoms with Gasteiger partial charge in [-0.05, 0) is 43.7 Å². The van der Waals surface area contributed by atoms with Gasteiger partial charge < -0.3 is 15.7 Å². The van der Waals surface area contributed by atoms with Crippen LogP contribution in [0.1, 0.15) is 12.8 Å². The molecule has 1 amide bonds. The number of rotatable bonds is 2. The summed E-state index contributed by atoms with van der Waals surface area (Å²) in [5, 5.41) is 14.3. The summed E-state index contributed by atoms with van der Waals surface area (Å²) in [4.78, 5) is 10.3. The summed E-state index contributed by atoms with van der Waals surface area (Å²) in [6, 6.07) is 0. The van der Waals surface area contributed by atoms with Crippen molar-refractivity contribution in [3.05, 3.63) is 0 Å². The highest BCUT2D eigenvalue weighted by Crippen LogP contribution is 2.37. The first-order valence-corrected chi connectivity index (χ1v) is 4.93. The first-order chi connectivity index (χ1) is 6.25.